The Morgan fingerprint density at radius 1 is 0.311 bits per heavy atom. The van der Waals surface area contributed by atoms with Crippen molar-refractivity contribution < 1.29 is 28.6 Å². The maximum absolute atomic E-state index is 12.8. The first kappa shape index (κ1) is 59.4. The topological polar surface area (TPSA) is 78.9 Å². The Kier molecular flexibility index (Phi) is 48.1. The molecule has 0 saturated carbocycles. The predicted octanol–water partition coefficient (Wildman–Crippen LogP) is 17.8. The summed E-state index contributed by atoms with van der Waals surface area (Å²) >= 11 is 0. The zero-order valence-corrected chi connectivity index (χ0v) is 41.6. The number of rotatable bonds is 50. The van der Waals surface area contributed by atoms with Gasteiger partial charge in [0.25, 0.3) is 0 Å². The van der Waals surface area contributed by atoms with Gasteiger partial charge in [0.05, 0.1) is 0 Å². The summed E-state index contributed by atoms with van der Waals surface area (Å²) in [5, 5.41) is 0. The highest BCUT2D eigenvalue weighted by atomic mass is 16.6. The summed E-state index contributed by atoms with van der Waals surface area (Å²) in [6.07, 6.45) is 52.4. The van der Waals surface area contributed by atoms with E-state index in [2.05, 4.69) is 27.7 Å². The molecule has 0 aromatic heterocycles. The lowest BCUT2D eigenvalue weighted by Crippen LogP contribution is -2.30. The molecule has 0 N–H and O–H groups in total. The highest BCUT2D eigenvalue weighted by Crippen LogP contribution is 2.17. The van der Waals surface area contributed by atoms with Gasteiger partial charge in [0, 0.05) is 19.3 Å². The number of ether oxygens (including phenoxy) is 3. The largest absolute Gasteiger partial charge is 0.462 e. The van der Waals surface area contributed by atoms with Crippen LogP contribution in [0.5, 0.6) is 0 Å². The molecule has 0 unspecified atom stereocenters. The minimum atomic E-state index is -0.760. The maximum atomic E-state index is 12.8. The van der Waals surface area contributed by atoms with E-state index in [1.165, 1.54) is 205 Å². The van der Waals surface area contributed by atoms with E-state index in [0.29, 0.717) is 19.3 Å². The summed E-state index contributed by atoms with van der Waals surface area (Å²) < 4.78 is 16.8. The smallest absolute Gasteiger partial charge is 0.306 e. The first-order chi connectivity index (χ1) is 29.9. The molecular formula is C55H106O6. The summed E-state index contributed by atoms with van der Waals surface area (Å²) in [5.41, 5.74) is 0. The molecule has 0 aliphatic carbocycles. The molecule has 362 valence electrons. The van der Waals surface area contributed by atoms with Crippen LogP contribution in [0.4, 0.5) is 0 Å². The monoisotopic (exact) mass is 863 g/mol. The SMILES string of the molecule is CCCCCCCCCCCCCCCCCCCC(=O)O[C@H](COC(=O)CCCCCCCCCCC)COC(=O)CCCCCCCCCCCCCCCCC(C)C. The van der Waals surface area contributed by atoms with E-state index in [1.807, 2.05) is 0 Å². The van der Waals surface area contributed by atoms with Crippen LogP contribution in [0, 0.1) is 5.92 Å². The average molecular weight is 863 g/mol. The fourth-order valence-electron chi connectivity index (χ4n) is 8.39. The Balaban J connectivity index is 4.23. The molecular weight excluding hydrogens is 757 g/mol. The molecule has 0 bridgehead atoms. The van der Waals surface area contributed by atoms with E-state index in [1.54, 1.807) is 0 Å². The van der Waals surface area contributed by atoms with Crippen LogP contribution < -0.4 is 0 Å². The van der Waals surface area contributed by atoms with Crippen LogP contribution in [0.25, 0.3) is 0 Å². The molecule has 0 aliphatic rings. The standard InChI is InChI=1S/C55H106O6/c1-5-7-9-11-13-15-16-17-18-19-20-25-28-32-36-40-44-48-55(58)61-52(49-59-53(56)46-42-38-34-29-14-12-10-8-6-2)50-60-54(57)47-43-39-35-31-27-24-22-21-23-26-30-33-37-41-45-51(3)4/h51-52H,5-50H2,1-4H3/t52-/m1/s1. The quantitative estimate of drug-likeness (QED) is 0.0344. The minimum Gasteiger partial charge on any atom is -0.462 e. The molecule has 0 spiro atoms. The van der Waals surface area contributed by atoms with Crippen molar-refractivity contribution in [1.82, 2.24) is 0 Å². The lowest BCUT2D eigenvalue weighted by atomic mass is 10.0. The van der Waals surface area contributed by atoms with Gasteiger partial charge in [0.2, 0.25) is 0 Å². The van der Waals surface area contributed by atoms with Gasteiger partial charge in [0.1, 0.15) is 13.2 Å². The number of hydrogen-bond acceptors (Lipinski definition) is 6. The van der Waals surface area contributed by atoms with Crippen molar-refractivity contribution in [3.8, 4) is 0 Å². The van der Waals surface area contributed by atoms with Gasteiger partial charge in [-0.1, -0.05) is 272 Å². The van der Waals surface area contributed by atoms with Crippen molar-refractivity contribution in [3.63, 3.8) is 0 Å². The summed E-state index contributed by atoms with van der Waals surface area (Å²) in [4.78, 5) is 37.9. The second-order valence-corrected chi connectivity index (χ2v) is 19.3. The van der Waals surface area contributed by atoms with E-state index in [4.69, 9.17) is 14.2 Å². The highest BCUT2D eigenvalue weighted by Gasteiger charge is 2.19. The van der Waals surface area contributed by atoms with Gasteiger partial charge in [-0.25, -0.2) is 0 Å². The van der Waals surface area contributed by atoms with E-state index in [-0.39, 0.29) is 31.1 Å². The second-order valence-electron chi connectivity index (χ2n) is 19.3. The number of unbranched alkanes of at least 4 members (excludes halogenated alkanes) is 37. The molecule has 1 atom stereocenters. The minimum absolute atomic E-state index is 0.0624. The predicted molar refractivity (Wildman–Crippen MR) is 261 cm³/mol. The third-order valence-corrected chi connectivity index (χ3v) is 12.5. The summed E-state index contributed by atoms with van der Waals surface area (Å²) in [6.45, 7) is 9.03. The normalized spacial score (nSPS) is 12.0. The van der Waals surface area contributed by atoms with Gasteiger partial charge in [0.15, 0.2) is 6.10 Å². The Morgan fingerprint density at radius 3 is 0.803 bits per heavy atom. The lowest BCUT2D eigenvalue weighted by molar-refractivity contribution is -0.167. The molecule has 0 aliphatic heterocycles. The Morgan fingerprint density at radius 2 is 0.541 bits per heavy atom. The molecule has 0 amide bonds. The summed E-state index contributed by atoms with van der Waals surface area (Å²) in [7, 11) is 0. The Labute approximate surface area is 380 Å². The fourth-order valence-corrected chi connectivity index (χ4v) is 8.39. The number of hydrogen-bond donors (Lipinski definition) is 0. The van der Waals surface area contributed by atoms with E-state index in [9.17, 15) is 14.4 Å². The van der Waals surface area contributed by atoms with Gasteiger partial charge in [-0.05, 0) is 25.2 Å². The summed E-state index contributed by atoms with van der Waals surface area (Å²) in [6, 6.07) is 0. The molecule has 0 rings (SSSR count). The van der Waals surface area contributed by atoms with Crippen LogP contribution in [0.15, 0.2) is 0 Å². The molecule has 6 nitrogen and oxygen atoms in total. The van der Waals surface area contributed by atoms with Gasteiger partial charge in [-0.2, -0.15) is 0 Å². The van der Waals surface area contributed by atoms with Crippen molar-refractivity contribution in [2.75, 3.05) is 13.2 Å². The lowest BCUT2D eigenvalue weighted by Gasteiger charge is -2.18. The van der Waals surface area contributed by atoms with Gasteiger partial charge in [-0.3, -0.25) is 14.4 Å². The van der Waals surface area contributed by atoms with Crippen LogP contribution in [0.3, 0.4) is 0 Å². The van der Waals surface area contributed by atoms with Crippen molar-refractivity contribution in [1.29, 1.82) is 0 Å². The third kappa shape index (κ3) is 49.3. The van der Waals surface area contributed by atoms with Crippen molar-refractivity contribution >= 4 is 17.9 Å². The zero-order chi connectivity index (χ0) is 44.5. The first-order valence-electron chi connectivity index (χ1n) is 27.4. The second kappa shape index (κ2) is 49.4. The van der Waals surface area contributed by atoms with Crippen molar-refractivity contribution in [2.45, 2.75) is 316 Å². The molecule has 0 saturated heterocycles. The Hall–Kier alpha value is -1.59. The highest BCUT2D eigenvalue weighted by molar-refractivity contribution is 5.71. The van der Waals surface area contributed by atoms with Crippen LogP contribution in [-0.2, 0) is 28.6 Å². The molecule has 6 heteroatoms. The van der Waals surface area contributed by atoms with Gasteiger partial charge < -0.3 is 14.2 Å². The molecule has 0 heterocycles. The van der Waals surface area contributed by atoms with E-state index >= 15 is 0 Å². The van der Waals surface area contributed by atoms with Crippen LogP contribution in [-0.4, -0.2) is 37.2 Å². The number of carbonyl (C=O) groups excluding carboxylic acids is 3. The molecule has 0 fully saturated rings. The molecule has 0 aromatic carbocycles. The van der Waals surface area contributed by atoms with Gasteiger partial charge >= 0.3 is 17.9 Å². The van der Waals surface area contributed by atoms with Crippen LogP contribution in [0.2, 0.25) is 0 Å². The molecule has 0 aromatic rings. The van der Waals surface area contributed by atoms with E-state index in [0.717, 1.165) is 63.7 Å². The zero-order valence-electron chi connectivity index (χ0n) is 41.6. The average Bonchev–Trinajstić information content (AvgIpc) is 3.24. The third-order valence-electron chi connectivity index (χ3n) is 12.5. The van der Waals surface area contributed by atoms with Crippen LogP contribution in [0.1, 0.15) is 310 Å². The van der Waals surface area contributed by atoms with Crippen molar-refractivity contribution in [2.24, 2.45) is 5.92 Å². The van der Waals surface area contributed by atoms with Gasteiger partial charge in [-0.15, -0.1) is 0 Å². The number of esters is 3. The van der Waals surface area contributed by atoms with Crippen LogP contribution >= 0.6 is 0 Å². The molecule has 0 radical (unpaired) electrons. The van der Waals surface area contributed by atoms with E-state index < -0.39 is 6.10 Å². The number of carbonyl (C=O) groups is 3. The summed E-state index contributed by atoms with van der Waals surface area (Å²) in [5.74, 6) is 0.00228. The first-order valence-corrected chi connectivity index (χ1v) is 27.4. The maximum Gasteiger partial charge on any atom is 0.306 e. The Bertz CT molecular complexity index is 918. The fraction of sp³-hybridized carbons (Fsp3) is 0.945. The van der Waals surface area contributed by atoms with Crippen molar-refractivity contribution in [3.05, 3.63) is 0 Å². The molecule has 61 heavy (non-hydrogen) atoms.